The molecule has 2 aromatic rings. The fourth-order valence-electron chi connectivity index (χ4n) is 3.36. The van der Waals surface area contributed by atoms with E-state index in [1.807, 2.05) is 0 Å². The van der Waals surface area contributed by atoms with Crippen LogP contribution in [0.25, 0.3) is 11.1 Å². The van der Waals surface area contributed by atoms with E-state index < -0.39 is 50.6 Å². The van der Waals surface area contributed by atoms with Gasteiger partial charge in [-0.2, -0.15) is 21.6 Å². The Balaban J connectivity index is 2.21. The van der Waals surface area contributed by atoms with E-state index in [1.54, 1.807) is 12.1 Å². The molecule has 0 aliphatic heterocycles. The summed E-state index contributed by atoms with van der Waals surface area (Å²) < 4.78 is 88.4. The summed E-state index contributed by atoms with van der Waals surface area (Å²) in [4.78, 5) is 34.5. The first-order chi connectivity index (χ1) is 17.5. The third kappa shape index (κ3) is 8.71. The zero-order chi connectivity index (χ0) is 28.7. The third-order valence-corrected chi connectivity index (χ3v) is 6.11. The van der Waals surface area contributed by atoms with E-state index in [4.69, 9.17) is 9.47 Å². The molecule has 1 N–H and O–H groups in total. The Labute approximate surface area is 216 Å². The fraction of sp³-hybridized carbons (Fsp3) is 0.375. The number of carbonyl (C=O) groups excluding carboxylic acids is 3. The molecule has 0 saturated heterocycles. The molecule has 208 valence electrons. The quantitative estimate of drug-likeness (QED) is 0.190. The molecule has 0 aromatic heterocycles. The first kappa shape index (κ1) is 30.5. The summed E-state index contributed by atoms with van der Waals surface area (Å²) in [6.07, 6.45) is 0.508. The van der Waals surface area contributed by atoms with Gasteiger partial charge in [0.25, 0.3) is 0 Å². The van der Waals surface area contributed by atoms with Crippen LogP contribution in [0.1, 0.15) is 32.8 Å². The lowest BCUT2D eigenvalue weighted by atomic mass is 9.91. The van der Waals surface area contributed by atoms with Crippen LogP contribution < -0.4 is 9.50 Å². The van der Waals surface area contributed by atoms with Gasteiger partial charge in [-0.25, -0.2) is 4.39 Å². The number of halogens is 4. The second-order valence-corrected chi connectivity index (χ2v) is 9.88. The number of benzene rings is 2. The van der Waals surface area contributed by atoms with Crippen LogP contribution >= 0.6 is 0 Å². The van der Waals surface area contributed by atoms with E-state index in [2.05, 4.69) is 9.50 Å². The van der Waals surface area contributed by atoms with Crippen molar-refractivity contribution in [2.24, 2.45) is 0 Å². The van der Waals surface area contributed by atoms with E-state index in [-0.39, 0.29) is 25.2 Å². The maximum absolute atomic E-state index is 14.6. The van der Waals surface area contributed by atoms with Gasteiger partial charge in [-0.05, 0) is 36.1 Å². The first-order valence-corrected chi connectivity index (χ1v) is 12.4. The van der Waals surface area contributed by atoms with Gasteiger partial charge in [-0.15, -0.1) is 0 Å². The second-order valence-electron chi connectivity index (χ2n) is 8.34. The van der Waals surface area contributed by atoms with Gasteiger partial charge in [0.05, 0.1) is 0 Å². The number of ether oxygens (including phenoxy) is 2. The Hall–Kier alpha value is -3.68. The summed E-state index contributed by atoms with van der Waals surface area (Å²) in [5, 5.41) is 2.68. The molecule has 0 spiro atoms. The topological polar surface area (TPSA) is 125 Å². The van der Waals surface area contributed by atoms with E-state index in [9.17, 15) is 40.4 Å². The number of alkyl halides is 3. The lowest BCUT2D eigenvalue weighted by molar-refractivity contribution is -0.150. The van der Waals surface area contributed by atoms with Crippen molar-refractivity contribution in [1.29, 1.82) is 0 Å². The van der Waals surface area contributed by atoms with E-state index in [1.165, 1.54) is 32.9 Å². The Morgan fingerprint density at radius 1 is 0.895 bits per heavy atom. The van der Waals surface area contributed by atoms with Gasteiger partial charge in [-0.1, -0.05) is 24.3 Å². The fourth-order valence-corrected chi connectivity index (χ4v) is 3.82. The van der Waals surface area contributed by atoms with Crippen molar-refractivity contribution in [3.05, 3.63) is 53.8 Å². The van der Waals surface area contributed by atoms with Crippen LogP contribution in [0.5, 0.6) is 5.75 Å². The van der Waals surface area contributed by atoms with E-state index in [0.29, 0.717) is 23.6 Å². The predicted molar refractivity (Wildman–Crippen MR) is 126 cm³/mol. The van der Waals surface area contributed by atoms with E-state index in [0.717, 1.165) is 12.1 Å². The largest absolute Gasteiger partial charge is 0.534 e. The van der Waals surface area contributed by atoms with Gasteiger partial charge in [0, 0.05) is 32.4 Å². The van der Waals surface area contributed by atoms with Gasteiger partial charge in [-0.3, -0.25) is 14.4 Å². The third-order valence-electron chi connectivity index (χ3n) is 5.13. The Morgan fingerprint density at radius 3 is 1.89 bits per heavy atom. The van der Waals surface area contributed by atoms with Crippen LogP contribution in [0.15, 0.2) is 42.5 Å². The summed E-state index contributed by atoms with van der Waals surface area (Å²) >= 11 is 0. The first-order valence-electron chi connectivity index (χ1n) is 11.0. The lowest BCUT2D eigenvalue weighted by Crippen LogP contribution is -2.55. The second kappa shape index (κ2) is 12.2. The van der Waals surface area contributed by atoms with Crippen LogP contribution in [0, 0.1) is 5.82 Å². The summed E-state index contributed by atoms with van der Waals surface area (Å²) in [6, 6.07) is 8.80. The zero-order valence-electron chi connectivity index (χ0n) is 20.6. The molecule has 0 fully saturated rings. The van der Waals surface area contributed by atoms with Crippen molar-refractivity contribution >= 4 is 28.0 Å². The highest BCUT2D eigenvalue weighted by molar-refractivity contribution is 7.88. The smallest absolute Gasteiger partial charge is 0.463 e. The van der Waals surface area contributed by atoms with Crippen LogP contribution in [-0.2, 0) is 40.4 Å². The summed E-state index contributed by atoms with van der Waals surface area (Å²) in [5.74, 6) is -3.48. The highest BCUT2D eigenvalue weighted by Gasteiger charge is 2.48. The average molecular weight is 564 g/mol. The van der Waals surface area contributed by atoms with Gasteiger partial charge >= 0.3 is 27.6 Å². The number of hydrogen-bond acceptors (Lipinski definition) is 8. The molecule has 2 rings (SSSR count). The molecule has 0 radical (unpaired) electrons. The van der Waals surface area contributed by atoms with Gasteiger partial charge in [0.1, 0.15) is 30.3 Å². The molecule has 0 unspecified atom stereocenters. The Morgan fingerprint density at radius 2 is 1.45 bits per heavy atom. The molecule has 2 aromatic carbocycles. The molecule has 0 saturated carbocycles. The molecule has 14 heteroatoms. The van der Waals surface area contributed by atoms with Crippen molar-refractivity contribution in [2.45, 2.75) is 44.7 Å². The molecule has 0 heterocycles. The maximum atomic E-state index is 14.6. The van der Waals surface area contributed by atoms with E-state index >= 15 is 0 Å². The number of carbonyl (C=O) groups is 3. The highest BCUT2D eigenvalue weighted by Crippen LogP contribution is 2.31. The monoisotopic (exact) mass is 563 g/mol. The van der Waals surface area contributed by atoms with Crippen LogP contribution in [0.2, 0.25) is 0 Å². The minimum Gasteiger partial charge on any atom is -0.463 e. The number of rotatable bonds is 11. The van der Waals surface area contributed by atoms with Crippen molar-refractivity contribution in [3.63, 3.8) is 0 Å². The molecular weight excluding hydrogens is 538 g/mol. The summed E-state index contributed by atoms with van der Waals surface area (Å²) in [6.45, 7) is 3.13. The van der Waals surface area contributed by atoms with Crippen molar-refractivity contribution < 1.29 is 54.0 Å². The number of aryl methyl sites for hydroxylation is 1. The van der Waals surface area contributed by atoms with Crippen molar-refractivity contribution in [3.8, 4) is 16.9 Å². The molecule has 0 aliphatic rings. The van der Waals surface area contributed by atoms with Gasteiger partial charge in [0.2, 0.25) is 5.91 Å². The van der Waals surface area contributed by atoms with Crippen molar-refractivity contribution in [2.75, 3.05) is 13.2 Å². The van der Waals surface area contributed by atoms with Crippen LogP contribution in [-0.4, -0.2) is 50.5 Å². The minimum atomic E-state index is -5.94. The molecule has 38 heavy (non-hydrogen) atoms. The maximum Gasteiger partial charge on any atom is 0.534 e. The van der Waals surface area contributed by atoms with Gasteiger partial charge in [0.15, 0.2) is 0 Å². The number of hydrogen-bond donors (Lipinski definition) is 1. The summed E-state index contributed by atoms with van der Waals surface area (Å²) in [7, 11) is -5.94. The Kier molecular flexibility index (Phi) is 9.84. The zero-order valence-corrected chi connectivity index (χ0v) is 21.4. The Bertz CT molecular complexity index is 1260. The average Bonchev–Trinajstić information content (AvgIpc) is 2.79. The molecule has 0 atom stereocenters. The number of nitrogens with one attached hydrogen (secondary N) is 1. The minimum absolute atomic E-state index is 0.0226. The SMILES string of the molecule is CC(=O)NC(CCc1ccc(-c2ccc(OS(=O)(=O)C(F)(F)F)cc2F)cc1)(COC(C)=O)COC(C)=O. The summed E-state index contributed by atoms with van der Waals surface area (Å²) in [5.41, 5.74) is -5.84. The molecule has 0 aliphatic carbocycles. The predicted octanol–water partition coefficient (Wildman–Crippen LogP) is 3.65. The lowest BCUT2D eigenvalue weighted by Gasteiger charge is -2.33. The van der Waals surface area contributed by atoms with Crippen LogP contribution in [0.3, 0.4) is 0 Å². The highest BCUT2D eigenvalue weighted by atomic mass is 32.2. The molecular formula is C24H25F4NO8S. The van der Waals surface area contributed by atoms with Crippen LogP contribution in [0.4, 0.5) is 17.6 Å². The number of amides is 1. The van der Waals surface area contributed by atoms with Crippen molar-refractivity contribution in [1.82, 2.24) is 5.32 Å². The normalized spacial score (nSPS) is 12.0. The van der Waals surface area contributed by atoms with Gasteiger partial charge < -0.3 is 19.0 Å². The number of esters is 2. The molecule has 1 amide bonds. The molecule has 0 bridgehead atoms. The standard InChI is InChI=1S/C24H25F4NO8S/c1-15(30)29-23(13-35-16(2)31,14-36-17(3)32)11-10-18-4-6-19(7-5-18)21-9-8-20(12-22(21)25)37-38(33,34)24(26,27)28/h4-9,12H,10-11,13-14H2,1-3H3,(H,29,30). The molecule has 9 nitrogen and oxygen atoms in total.